The fourth-order valence-corrected chi connectivity index (χ4v) is 2.53. The van der Waals surface area contributed by atoms with Gasteiger partial charge < -0.3 is 10.4 Å². The quantitative estimate of drug-likeness (QED) is 0.832. The average Bonchev–Trinajstić information content (AvgIpc) is 2.92. The predicted molar refractivity (Wildman–Crippen MR) is 76.0 cm³/mol. The number of thiophene rings is 1. The van der Waals surface area contributed by atoms with Crippen molar-refractivity contribution in [3.8, 4) is 0 Å². The predicted octanol–water partition coefficient (Wildman–Crippen LogP) is 2.74. The number of carbonyl (C=O) groups is 2. The summed E-state index contributed by atoms with van der Waals surface area (Å²) in [5.41, 5.74) is 0.335. The fourth-order valence-electron chi connectivity index (χ4n) is 1.64. The third-order valence-electron chi connectivity index (χ3n) is 2.56. The van der Waals surface area contributed by atoms with Gasteiger partial charge in [-0.15, -0.1) is 11.3 Å². The number of halogens is 1. The smallest absolute Gasteiger partial charge is 0.305 e. The molecule has 2 rings (SSSR count). The Kier molecular flexibility index (Phi) is 4.70. The molecule has 0 spiro atoms. The van der Waals surface area contributed by atoms with Crippen LogP contribution in [0.2, 0.25) is 5.15 Å². The van der Waals surface area contributed by atoms with Crippen molar-refractivity contribution in [1.29, 1.82) is 0 Å². The van der Waals surface area contributed by atoms with Gasteiger partial charge in [-0.1, -0.05) is 17.7 Å². The summed E-state index contributed by atoms with van der Waals surface area (Å²) in [6, 6.07) is 6.09. The monoisotopic (exact) mass is 310 g/mol. The molecule has 1 amide bonds. The minimum absolute atomic E-state index is 0.173. The molecule has 7 heteroatoms. The highest BCUT2D eigenvalue weighted by Crippen LogP contribution is 2.22. The number of nitrogens with one attached hydrogen (secondary N) is 1. The van der Waals surface area contributed by atoms with Crippen molar-refractivity contribution in [2.75, 3.05) is 0 Å². The average molecular weight is 311 g/mol. The molecule has 0 aromatic carbocycles. The molecule has 0 aliphatic carbocycles. The second kappa shape index (κ2) is 6.49. The number of amides is 1. The summed E-state index contributed by atoms with van der Waals surface area (Å²) in [6.45, 7) is 0. The molecule has 0 aliphatic rings. The minimum atomic E-state index is -0.974. The highest BCUT2D eigenvalue weighted by Gasteiger charge is 2.19. The Morgan fingerprint density at radius 2 is 2.20 bits per heavy atom. The van der Waals surface area contributed by atoms with Gasteiger partial charge in [-0.25, -0.2) is 4.98 Å². The molecule has 104 valence electrons. The fraction of sp³-hybridized carbons (Fsp3) is 0.154. The molecule has 2 aromatic rings. The van der Waals surface area contributed by atoms with Gasteiger partial charge in [0.25, 0.3) is 5.91 Å². The van der Waals surface area contributed by atoms with Crippen molar-refractivity contribution >= 4 is 34.8 Å². The molecule has 2 aromatic heterocycles. The van der Waals surface area contributed by atoms with Gasteiger partial charge in [0.2, 0.25) is 0 Å². The molecule has 0 saturated carbocycles. The maximum atomic E-state index is 12.1. The van der Waals surface area contributed by atoms with Crippen LogP contribution in [0, 0.1) is 0 Å². The van der Waals surface area contributed by atoms with Crippen LogP contribution in [0.1, 0.15) is 27.7 Å². The molecule has 2 N–H and O–H groups in total. The summed E-state index contributed by atoms with van der Waals surface area (Å²) in [5.74, 6) is -1.35. The molecule has 5 nitrogen and oxygen atoms in total. The first-order chi connectivity index (χ1) is 9.56. The van der Waals surface area contributed by atoms with Crippen LogP contribution < -0.4 is 5.32 Å². The molecule has 0 bridgehead atoms. The molecule has 0 aliphatic heterocycles. The lowest BCUT2D eigenvalue weighted by Crippen LogP contribution is -2.29. The third kappa shape index (κ3) is 3.79. The molecule has 1 atom stereocenters. The number of pyridine rings is 1. The minimum Gasteiger partial charge on any atom is -0.481 e. The van der Waals surface area contributed by atoms with Gasteiger partial charge in [-0.05, 0) is 23.6 Å². The van der Waals surface area contributed by atoms with Gasteiger partial charge in [0.05, 0.1) is 18.0 Å². The third-order valence-corrected chi connectivity index (χ3v) is 3.77. The Morgan fingerprint density at radius 3 is 2.75 bits per heavy atom. The van der Waals surface area contributed by atoms with Gasteiger partial charge >= 0.3 is 5.97 Å². The zero-order valence-corrected chi connectivity index (χ0v) is 11.8. The van der Waals surface area contributed by atoms with E-state index in [1.807, 2.05) is 11.4 Å². The molecule has 0 fully saturated rings. The van der Waals surface area contributed by atoms with Crippen molar-refractivity contribution in [3.63, 3.8) is 0 Å². The summed E-state index contributed by atoms with van der Waals surface area (Å²) < 4.78 is 0. The van der Waals surface area contributed by atoms with E-state index in [1.165, 1.54) is 29.7 Å². The zero-order chi connectivity index (χ0) is 14.5. The van der Waals surface area contributed by atoms with Crippen molar-refractivity contribution in [3.05, 3.63) is 51.4 Å². The van der Waals surface area contributed by atoms with E-state index >= 15 is 0 Å². The van der Waals surface area contributed by atoms with Crippen molar-refractivity contribution in [2.45, 2.75) is 12.5 Å². The Bertz CT molecular complexity index is 599. The summed E-state index contributed by atoms with van der Waals surface area (Å²) >= 11 is 7.05. The molecular formula is C13H11ClN2O3S. The topological polar surface area (TPSA) is 79.3 Å². The van der Waals surface area contributed by atoms with Crippen LogP contribution in [0.3, 0.4) is 0 Å². The largest absolute Gasteiger partial charge is 0.481 e. The Morgan fingerprint density at radius 1 is 1.40 bits per heavy atom. The molecule has 0 saturated heterocycles. The number of aromatic nitrogens is 1. The summed E-state index contributed by atoms with van der Waals surface area (Å²) in [7, 11) is 0. The molecular weight excluding hydrogens is 300 g/mol. The van der Waals surface area contributed by atoms with E-state index < -0.39 is 12.0 Å². The first-order valence-corrected chi connectivity index (χ1v) is 6.99. The standard InChI is InChI=1S/C13H11ClN2O3S/c14-11-4-3-8(7-15-11)13(19)16-9(6-12(17)18)10-2-1-5-20-10/h1-5,7,9H,6H2,(H,16,19)(H,17,18). The number of hydrogen-bond donors (Lipinski definition) is 2. The lowest BCUT2D eigenvalue weighted by Gasteiger charge is -2.15. The van der Waals surface area contributed by atoms with Crippen molar-refractivity contribution in [2.24, 2.45) is 0 Å². The zero-order valence-electron chi connectivity index (χ0n) is 10.2. The Labute approximate surface area is 124 Å². The van der Waals surface area contributed by atoms with Gasteiger partial charge in [0.1, 0.15) is 5.15 Å². The van der Waals surface area contributed by atoms with Crippen LogP contribution in [-0.4, -0.2) is 22.0 Å². The maximum Gasteiger partial charge on any atom is 0.305 e. The lowest BCUT2D eigenvalue weighted by atomic mass is 10.1. The van der Waals surface area contributed by atoms with Gasteiger partial charge in [0, 0.05) is 11.1 Å². The molecule has 2 heterocycles. The molecule has 1 unspecified atom stereocenters. The Balaban J connectivity index is 2.13. The number of carboxylic acids is 1. The SMILES string of the molecule is O=C(O)CC(NC(=O)c1ccc(Cl)nc1)c1cccs1. The van der Waals surface area contributed by atoms with Crippen LogP contribution in [0.25, 0.3) is 0 Å². The van der Waals surface area contributed by atoms with Crippen LogP contribution in [0.5, 0.6) is 0 Å². The highest BCUT2D eigenvalue weighted by atomic mass is 35.5. The normalized spacial score (nSPS) is 11.8. The van der Waals surface area contributed by atoms with E-state index in [0.29, 0.717) is 10.7 Å². The van der Waals surface area contributed by atoms with E-state index in [2.05, 4.69) is 10.3 Å². The van der Waals surface area contributed by atoms with Crippen LogP contribution in [0.4, 0.5) is 0 Å². The van der Waals surface area contributed by atoms with E-state index in [0.717, 1.165) is 4.88 Å². The number of carboxylic acid groups (broad SMARTS) is 1. The van der Waals surface area contributed by atoms with Gasteiger partial charge in [0.15, 0.2) is 0 Å². The summed E-state index contributed by atoms with van der Waals surface area (Å²) in [5, 5.41) is 13.7. The summed E-state index contributed by atoms with van der Waals surface area (Å²) in [6.07, 6.45) is 1.18. The molecule has 20 heavy (non-hydrogen) atoms. The highest BCUT2D eigenvalue weighted by molar-refractivity contribution is 7.10. The summed E-state index contributed by atoms with van der Waals surface area (Å²) in [4.78, 5) is 27.6. The number of hydrogen-bond acceptors (Lipinski definition) is 4. The maximum absolute atomic E-state index is 12.1. The molecule has 0 radical (unpaired) electrons. The first kappa shape index (κ1) is 14.5. The lowest BCUT2D eigenvalue weighted by molar-refractivity contribution is -0.137. The number of nitrogens with zero attached hydrogens (tertiary/aromatic N) is 1. The first-order valence-electron chi connectivity index (χ1n) is 5.74. The number of carbonyl (C=O) groups excluding carboxylic acids is 1. The van der Waals surface area contributed by atoms with E-state index in [1.54, 1.807) is 6.07 Å². The number of rotatable bonds is 5. The van der Waals surface area contributed by atoms with E-state index in [-0.39, 0.29) is 12.3 Å². The second-order valence-corrected chi connectivity index (χ2v) is 5.38. The second-order valence-electron chi connectivity index (χ2n) is 4.01. The van der Waals surface area contributed by atoms with E-state index in [4.69, 9.17) is 16.7 Å². The van der Waals surface area contributed by atoms with Crippen LogP contribution >= 0.6 is 22.9 Å². The van der Waals surface area contributed by atoms with Gasteiger partial charge in [-0.2, -0.15) is 0 Å². The number of aliphatic carboxylic acids is 1. The Hall–Kier alpha value is -1.92. The van der Waals surface area contributed by atoms with Gasteiger partial charge in [-0.3, -0.25) is 9.59 Å². The van der Waals surface area contributed by atoms with Crippen LogP contribution in [-0.2, 0) is 4.79 Å². The van der Waals surface area contributed by atoms with Crippen molar-refractivity contribution < 1.29 is 14.7 Å². The van der Waals surface area contributed by atoms with Crippen LogP contribution in [0.15, 0.2) is 35.8 Å². The van der Waals surface area contributed by atoms with Crippen molar-refractivity contribution in [1.82, 2.24) is 10.3 Å². The van der Waals surface area contributed by atoms with E-state index in [9.17, 15) is 9.59 Å².